The van der Waals surface area contributed by atoms with E-state index in [0.29, 0.717) is 32.1 Å². The number of halogens is 2. The van der Waals surface area contributed by atoms with Gasteiger partial charge in [0.1, 0.15) is 11.7 Å². The van der Waals surface area contributed by atoms with Crippen LogP contribution in [0.4, 0.5) is 0 Å². The molecular formula is C22H18Br2N2O4S. The second-order valence-electron chi connectivity index (χ2n) is 6.63. The molecule has 1 amide bonds. The molecule has 2 aromatic carbocycles. The number of thioether (sulfide) groups is 1. The molecule has 0 aromatic heterocycles. The van der Waals surface area contributed by atoms with Gasteiger partial charge in [0, 0.05) is 16.1 Å². The topological polar surface area (TPSA) is 88.4 Å². The van der Waals surface area contributed by atoms with E-state index in [0.717, 1.165) is 10.0 Å². The van der Waals surface area contributed by atoms with Gasteiger partial charge in [-0.05, 0) is 51.3 Å². The van der Waals surface area contributed by atoms with Crippen LogP contribution in [0.3, 0.4) is 0 Å². The van der Waals surface area contributed by atoms with Crippen molar-refractivity contribution >= 4 is 55.5 Å². The highest BCUT2D eigenvalue weighted by Crippen LogP contribution is 2.42. The number of allylic oxidation sites excluding steroid dienone is 1. The molecule has 1 aliphatic rings. The number of nitrogens with one attached hydrogen (secondary N) is 1. The Bertz CT molecular complexity index is 1080. The van der Waals surface area contributed by atoms with Crippen molar-refractivity contribution in [3.8, 4) is 11.8 Å². The standard InChI is InChI=1S/C22H18Br2N2O4S/c1-29-17-8-5-13(9-16(17)24)18-15(10-25)21(26-20(27)19(18)22(28)30-2)31-11-12-3-6-14(23)7-4-12/h3-9,18-19H,11H2,1-2H3,(H,26,27)/t18-,19+/m1/s1. The Hall–Kier alpha value is -2.28. The SMILES string of the molecule is COC(=O)[C@@H]1C(=O)NC(SCc2ccc(Br)cc2)=C(C#N)[C@H]1c1ccc(OC)c(Br)c1. The van der Waals surface area contributed by atoms with Crippen molar-refractivity contribution in [3.63, 3.8) is 0 Å². The van der Waals surface area contributed by atoms with Crippen LogP contribution in [0.15, 0.2) is 62.0 Å². The van der Waals surface area contributed by atoms with Crippen LogP contribution < -0.4 is 10.1 Å². The minimum Gasteiger partial charge on any atom is -0.496 e. The lowest BCUT2D eigenvalue weighted by Crippen LogP contribution is -2.44. The lowest BCUT2D eigenvalue weighted by molar-refractivity contribution is -0.150. The summed E-state index contributed by atoms with van der Waals surface area (Å²) in [5, 5.41) is 13.2. The van der Waals surface area contributed by atoms with Gasteiger partial charge in [-0.2, -0.15) is 5.26 Å². The van der Waals surface area contributed by atoms with E-state index >= 15 is 0 Å². The van der Waals surface area contributed by atoms with E-state index in [2.05, 4.69) is 43.2 Å². The summed E-state index contributed by atoms with van der Waals surface area (Å²) >= 11 is 8.19. The van der Waals surface area contributed by atoms with Gasteiger partial charge in [0.15, 0.2) is 0 Å². The Kier molecular flexibility index (Phi) is 7.81. The molecule has 0 fully saturated rings. The monoisotopic (exact) mass is 564 g/mol. The zero-order chi connectivity index (χ0) is 22.5. The van der Waals surface area contributed by atoms with Crippen molar-refractivity contribution in [2.45, 2.75) is 11.7 Å². The second kappa shape index (κ2) is 10.4. The van der Waals surface area contributed by atoms with Gasteiger partial charge in [-0.15, -0.1) is 11.8 Å². The smallest absolute Gasteiger partial charge is 0.319 e. The number of benzene rings is 2. The Morgan fingerprint density at radius 1 is 1.19 bits per heavy atom. The molecule has 1 heterocycles. The molecule has 0 spiro atoms. The number of nitrogens with zero attached hydrogens (tertiary/aromatic N) is 1. The molecule has 0 unspecified atom stereocenters. The first-order valence-electron chi connectivity index (χ1n) is 9.13. The van der Waals surface area contributed by atoms with E-state index in [1.807, 2.05) is 24.3 Å². The maximum Gasteiger partial charge on any atom is 0.319 e. The molecule has 160 valence electrons. The molecule has 9 heteroatoms. The number of carbonyl (C=O) groups excluding carboxylic acids is 2. The summed E-state index contributed by atoms with van der Waals surface area (Å²) in [7, 11) is 2.77. The number of ether oxygens (including phenoxy) is 2. The fourth-order valence-corrected chi connectivity index (χ4v) is 5.12. The Morgan fingerprint density at radius 2 is 1.90 bits per heavy atom. The molecule has 1 aliphatic heterocycles. The lowest BCUT2D eigenvalue weighted by Gasteiger charge is -2.31. The summed E-state index contributed by atoms with van der Waals surface area (Å²) in [5.41, 5.74) is 1.98. The van der Waals surface area contributed by atoms with E-state index in [4.69, 9.17) is 9.47 Å². The van der Waals surface area contributed by atoms with Crippen LogP contribution >= 0.6 is 43.6 Å². The van der Waals surface area contributed by atoms with Gasteiger partial charge in [0.05, 0.1) is 35.4 Å². The summed E-state index contributed by atoms with van der Waals surface area (Å²) in [6, 6.07) is 15.2. The van der Waals surface area contributed by atoms with Crippen molar-refractivity contribution in [2.24, 2.45) is 5.92 Å². The fraction of sp³-hybridized carbons (Fsp3) is 0.227. The van der Waals surface area contributed by atoms with Crippen molar-refractivity contribution in [2.75, 3.05) is 14.2 Å². The number of hydrogen-bond donors (Lipinski definition) is 1. The molecular weight excluding hydrogens is 548 g/mol. The van der Waals surface area contributed by atoms with E-state index in [9.17, 15) is 14.9 Å². The predicted molar refractivity (Wildman–Crippen MR) is 125 cm³/mol. The first-order valence-corrected chi connectivity index (χ1v) is 11.7. The average molecular weight is 566 g/mol. The molecule has 0 aliphatic carbocycles. The summed E-state index contributed by atoms with van der Waals surface area (Å²) in [5.74, 6) is -1.99. The number of hydrogen-bond acceptors (Lipinski definition) is 6. The molecule has 1 N–H and O–H groups in total. The second-order valence-corrected chi connectivity index (χ2v) is 9.39. The third-order valence-corrected chi connectivity index (χ3v) is 7.05. The fourth-order valence-electron chi connectivity index (χ4n) is 3.29. The van der Waals surface area contributed by atoms with E-state index in [1.165, 1.54) is 18.9 Å². The maximum atomic E-state index is 12.9. The van der Waals surface area contributed by atoms with Crippen molar-refractivity contribution < 1.29 is 19.1 Å². The third kappa shape index (κ3) is 5.14. The summed E-state index contributed by atoms with van der Waals surface area (Å²) in [6.45, 7) is 0. The number of methoxy groups -OCH3 is 2. The Morgan fingerprint density at radius 3 is 2.48 bits per heavy atom. The quantitative estimate of drug-likeness (QED) is 0.396. The van der Waals surface area contributed by atoms with Gasteiger partial charge in [-0.3, -0.25) is 9.59 Å². The van der Waals surface area contributed by atoms with Crippen molar-refractivity contribution in [1.82, 2.24) is 5.32 Å². The zero-order valence-corrected chi connectivity index (χ0v) is 20.6. The number of esters is 1. The molecule has 6 nitrogen and oxygen atoms in total. The largest absolute Gasteiger partial charge is 0.496 e. The molecule has 31 heavy (non-hydrogen) atoms. The van der Waals surface area contributed by atoms with Crippen LogP contribution in [0.2, 0.25) is 0 Å². The predicted octanol–water partition coefficient (Wildman–Crippen LogP) is 4.89. The molecule has 0 saturated carbocycles. The zero-order valence-electron chi connectivity index (χ0n) is 16.6. The number of nitriles is 1. The van der Waals surface area contributed by atoms with Crippen LogP contribution in [0.5, 0.6) is 5.75 Å². The highest BCUT2D eigenvalue weighted by Gasteiger charge is 2.44. The molecule has 0 radical (unpaired) electrons. The maximum absolute atomic E-state index is 12.9. The van der Waals surface area contributed by atoms with Crippen LogP contribution in [0, 0.1) is 17.2 Å². The van der Waals surface area contributed by atoms with Gasteiger partial charge in [0.2, 0.25) is 5.91 Å². The summed E-state index contributed by atoms with van der Waals surface area (Å²) in [4.78, 5) is 25.4. The van der Waals surface area contributed by atoms with Gasteiger partial charge in [-0.25, -0.2) is 0 Å². The number of amides is 1. The lowest BCUT2D eigenvalue weighted by atomic mass is 9.78. The highest BCUT2D eigenvalue weighted by molar-refractivity contribution is 9.10. The highest BCUT2D eigenvalue weighted by atomic mass is 79.9. The van der Waals surface area contributed by atoms with Gasteiger partial charge >= 0.3 is 5.97 Å². The molecule has 2 aromatic rings. The normalized spacial score (nSPS) is 18.2. The Labute approximate surface area is 201 Å². The summed E-state index contributed by atoms with van der Waals surface area (Å²) in [6.07, 6.45) is 0. The van der Waals surface area contributed by atoms with Crippen LogP contribution in [-0.2, 0) is 20.1 Å². The van der Waals surface area contributed by atoms with Crippen LogP contribution in [0.25, 0.3) is 0 Å². The van der Waals surface area contributed by atoms with E-state index in [-0.39, 0.29) is 0 Å². The molecule has 3 rings (SSSR count). The number of carbonyl (C=O) groups is 2. The average Bonchev–Trinajstić information content (AvgIpc) is 2.77. The van der Waals surface area contributed by atoms with Gasteiger partial charge < -0.3 is 14.8 Å². The van der Waals surface area contributed by atoms with E-state index < -0.39 is 23.7 Å². The minimum absolute atomic E-state index is 0.314. The molecule has 0 bridgehead atoms. The third-order valence-electron chi connectivity index (χ3n) is 4.82. The van der Waals surface area contributed by atoms with Gasteiger partial charge in [-0.1, -0.05) is 34.1 Å². The van der Waals surface area contributed by atoms with Crippen molar-refractivity contribution in [1.29, 1.82) is 5.26 Å². The first-order chi connectivity index (χ1) is 14.9. The van der Waals surface area contributed by atoms with Crippen molar-refractivity contribution in [3.05, 3.63) is 73.1 Å². The van der Waals surface area contributed by atoms with Gasteiger partial charge in [0.25, 0.3) is 0 Å². The van der Waals surface area contributed by atoms with Crippen LogP contribution in [0.1, 0.15) is 17.0 Å². The molecule has 2 atom stereocenters. The minimum atomic E-state index is -1.17. The summed E-state index contributed by atoms with van der Waals surface area (Å²) < 4.78 is 11.8. The molecule has 0 saturated heterocycles. The number of rotatable bonds is 6. The van der Waals surface area contributed by atoms with E-state index in [1.54, 1.807) is 25.3 Å². The van der Waals surface area contributed by atoms with Crippen LogP contribution in [-0.4, -0.2) is 26.1 Å². The Balaban J connectivity index is 2.04. The first kappa shape index (κ1) is 23.4.